The molecule has 1 amide bonds. The normalized spacial score (nSPS) is 24.6. The molecule has 0 aliphatic carbocycles. The molecular weight excluding hydrogens is 232 g/mol. The first-order valence-corrected chi connectivity index (χ1v) is 6.57. The second kappa shape index (κ2) is 7.68. The molecule has 2 atom stereocenters. The summed E-state index contributed by atoms with van der Waals surface area (Å²) in [5.74, 6) is 5.10. The number of nitrogens with one attached hydrogen (secondary N) is 1. The SMILES string of the molecule is CCC1CN(C)CCCN1C(COC)C(=O)NN. The zero-order chi connectivity index (χ0) is 13.5. The van der Waals surface area contributed by atoms with Gasteiger partial charge in [0.15, 0.2) is 0 Å². The van der Waals surface area contributed by atoms with Gasteiger partial charge in [0.25, 0.3) is 5.91 Å². The molecule has 1 heterocycles. The topological polar surface area (TPSA) is 70.8 Å². The van der Waals surface area contributed by atoms with E-state index < -0.39 is 0 Å². The van der Waals surface area contributed by atoms with E-state index in [1.54, 1.807) is 7.11 Å². The highest BCUT2D eigenvalue weighted by Crippen LogP contribution is 2.16. The quantitative estimate of drug-likeness (QED) is 0.392. The zero-order valence-electron chi connectivity index (χ0n) is 11.7. The molecule has 0 aromatic heterocycles. The number of hydrogen-bond acceptors (Lipinski definition) is 5. The van der Waals surface area contributed by atoms with Crippen molar-refractivity contribution in [3.05, 3.63) is 0 Å². The second-order valence-corrected chi connectivity index (χ2v) is 4.90. The summed E-state index contributed by atoms with van der Waals surface area (Å²) in [6.07, 6.45) is 2.08. The van der Waals surface area contributed by atoms with Crippen molar-refractivity contribution < 1.29 is 9.53 Å². The van der Waals surface area contributed by atoms with Gasteiger partial charge >= 0.3 is 0 Å². The Labute approximate surface area is 109 Å². The average Bonchev–Trinajstić information content (AvgIpc) is 2.56. The van der Waals surface area contributed by atoms with Crippen LogP contribution in [0.15, 0.2) is 0 Å². The zero-order valence-corrected chi connectivity index (χ0v) is 11.7. The number of nitrogens with zero attached hydrogens (tertiary/aromatic N) is 2. The maximum absolute atomic E-state index is 11.9. The van der Waals surface area contributed by atoms with Gasteiger partial charge in [-0.05, 0) is 26.4 Å². The van der Waals surface area contributed by atoms with E-state index in [2.05, 4.69) is 29.2 Å². The number of hydrazine groups is 1. The number of nitrogens with two attached hydrogens (primary N) is 1. The minimum Gasteiger partial charge on any atom is -0.383 e. The largest absolute Gasteiger partial charge is 0.383 e. The van der Waals surface area contributed by atoms with Crippen molar-refractivity contribution in [2.75, 3.05) is 40.4 Å². The molecule has 1 rings (SSSR count). The molecule has 3 N–H and O–H groups in total. The monoisotopic (exact) mass is 258 g/mol. The number of carbonyl (C=O) groups is 1. The lowest BCUT2D eigenvalue weighted by Gasteiger charge is -2.35. The van der Waals surface area contributed by atoms with Gasteiger partial charge < -0.3 is 9.64 Å². The molecule has 0 radical (unpaired) electrons. The molecule has 1 aliphatic rings. The lowest BCUT2D eigenvalue weighted by Crippen LogP contribution is -2.55. The van der Waals surface area contributed by atoms with Gasteiger partial charge in [-0.15, -0.1) is 0 Å². The Balaban J connectivity index is 2.81. The van der Waals surface area contributed by atoms with E-state index in [1.165, 1.54) is 0 Å². The fourth-order valence-corrected chi connectivity index (χ4v) is 2.61. The molecule has 0 saturated carbocycles. The molecule has 6 heteroatoms. The third kappa shape index (κ3) is 3.91. The van der Waals surface area contributed by atoms with Crippen molar-refractivity contribution in [2.24, 2.45) is 5.84 Å². The number of amides is 1. The van der Waals surface area contributed by atoms with Crippen LogP contribution in [0, 0.1) is 0 Å². The van der Waals surface area contributed by atoms with Gasteiger partial charge in [0.2, 0.25) is 0 Å². The van der Waals surface area contributed by atoms with E-state index in [1.807, 2.05) is 0 Å². The Hall–Kier alpha value is -0.690. The molecule has 6 nitrogen and oxygen atoms in total. The highest BCUT2D eigenvalue weighted by molar-refractivity contribution is 5.81. The second-order valence-electron chi connectivity index (χ2n) is 4.90. The smallest absolute Gasteiger partial charge is 0.253 e. The van der Waals surface area contributed by atoms with Crippen molar-refractivity contribution in [3.63, 3.8) is 0 Å². The summed E-state index contributed by atoms with van der Waals surface area (Å²) < 4.78 is 5.17. The summed E-state index contributed by atoms with van der Waals surface area (Å²) in [5, 5.41) is 0. The molecule has 0 aromatic rings. The Morgan fingerprint density at radius 2 is 2.28 bits per heavy atom. The van der Waals surface area contributed by atoms with Crippen molar-refractivity contribution in [3.8, 4) is 0 Å². The molecule has 0 aromatic carbocycles. The number of methoxy groups -OCH3 is 1. The van der Waals surface area contributed by atoms with Crippen LogP contribution in [0.1, 0.15) is 19.8 Å². The van der Waals surface area contributed by atoms with Crippen LogP contribution in [-0.4, -0.2) is 68.2 Å². The van der Waals surface area contributed by atoms with Gasteiger partial charge in [0.05, 0.1) is 6.61 Å². The van der Waals surface area contributed by atoms with Crippen LogP contribution >= 0.6 is 0 Å². The van der Waals surface area contributed by atoms with Gasteiger partial charge in [-0.1, -0.05) is 6.92 Å². The predicted octanol–water partition coefficient (Wildman–Crippen LogP) is -0.593. The van der Waals surface area contributed by atoms with Crippen LogP contribution in [0.3, 0.4) is 0 Å². The van der Waals surface area contributed by atoms with Crippen LogP contribution in [-0.2, 0) is 9.53 Å². The third-order valence-electron chi connectivity index (χ3n) is 3.59. The van der Waals surface area contributed by atoms with Crippen molar-refractivity contribution >= 4 is 5.91 Å². The van der Waals surface area contributed by atoms with Gasteiger partial charge in [-0.2, -0.15) is 0 Å². The molecule has 1 saturated heterocycles. The van der Waals surface area contributed by atoms with Crippen LogP contribution < -0.4 is 11.3 Å². The minimum atomic E-state index is -0.295. The lowest BCUT2D eigenvalue weighted by atomic mass is 10.1. The maximum atomic E-state index is 11.9. The van der Waals surface area contributed by atoms with Crippen molar-refractivity contribution in [2.45, 2.75) is 31.8 Å². The van der Waals surface area contributed by atoms with E-state index in [0.717, 1.165) is 32.5 Å². The first-order chi connectivity index (χ1) is 8.63. The van der Waals surface area contributed by atoms with E-state index in [0.29, 0.717) is 12.6 Å². The molecule has 0 bridgehead atoms. The van der Waals surface area contributed by atoms with Gasteiger partial charge in [-0.25, -0.2) is 5.84 Å². The fraction of sp³-hybridized carbons (Fsp3) is 0.917. The van der Waals surface area contributed by atoms with E-state index in [-0.39, 0.29) is 11.9 Å². The average molecular weight is 258 g/mol. The number of ether oxygens (including phenoxy) is 1. The molecule has 1 fully saturated rings. The summed E-state index contributed by atoms with van der Waals surface area (Å²) in [7, 11) is 3.74. The highest BCUT2D eigenvalue weighted by atomic mass is 16.5. The predicted molar refractivity (Wildman–Crippen MR) is 70.9 cm³/mol. The summed E-state index contributed by atoms with van der Waals surface area (Å²) in [5.41, 5.74) is 2.25. The summed E-state index contributed by atoms with van der Waals surface area (Å²) in [4.78, 5) is 16.4. The Bertz CT molecular complexity index is 262. The van der Waals surface area contributed by atoms with E-state index >= 15 is 0 Å². The maximum Gasteiger partial charge on any atom is 0.253 e. The van der Waals surface area contributed by atoms with E-state index in [4.69, 9.17) is 10.6 Å². The summed E-state index contributed by atoms with van der Waals surface area (Å²) >= 11 is 0. The summed E-state index contributed by atoms with van der Waals surface area (Å²) in [6, 6.07) is 0.0754. The molecule has 18 heavy (non-hydrogen) atoms. The highest BCUT2D eigenvalue weighted by Gasteiger charge is 2.32. The van der Waals surface area contributed by atoms with Crippen LogP contribution in [0.5, 0.6) is 0 Å². The Morgan fingerprint density at radius 3 is 2.83 bits per heavy atom. The van der Waals surface area contributed by atoms with Crippen molar-refractivity contribution in [1.82, 2.24) is 15.2 Å². The van der Waals surface area contributed by atoms with Crippen LogP contribution in [0.25, 0.3) is 0 Å². The first kappa shape index (κ1) is 15.4. The minimum absolute atomic E-state index is 0.167. The molecular formula is C12H26N4O2. The summed E-state index contributed by atoms with van der Waals surface area (Å²) in [6.45, 7) is 5.49. The number of rotatable bonds is 5. The molecule has 1 aliphatic heterocycles. The van der Waals surface area contributed by atoms with Crippen LogP contribution in [0.2, 0.25) is 0 Å². The van der Waals surface area contributed by atoms with Gasteiger partial charge in [-0.3, -0.25) is 15.1 Å². The third-order valence-corrected chi connectivity index (χ3v) is 3.59. The number of hydrogen-bond donors (Lipinski definition) is 2. The number of carbonyl (C=O) groups excluding carboxylic acids is 1. The molecule has 106 valence electrons. The van der Waals surface area contributed by atoms with E-state index in [9.17, 15) is 4.79 Å². The Morgan fingerprint density at radius 1 is 1.56 bits per heavy atom. The molecule has 0 spiro atoms. The van der Waals surface area contributed by atoms with Crippen LogP contribution in [0.4, 0.5) is 0 Å². The van der Waals surface area contributed by atoms with Gasteiger partial charge in [0.1, 0.15) is 6.04 Å². The van der Waals surface area contributed by atoms with Gasteiger partial charge in [0, 0.05) is 26.2 Å². The first-order valence-electron chi connectivity index (χ1n) is 6.57. The standard InChI is InChI=1S/C12H26N4O2/c1-4-10-8-15(2)6-5-7-16(10)11(9-18-3)12(17)14-13/h10-11H,4-9,13H2,1-3H3,(H,14,17). The molecule has 2 unspecified atom stereocenters. The fourth-order valence-electron chi connectivity index (χ4n) is 2.61. The number of likely N-dealkylation sites (N-methyl/N-ethyl adjacent to an activating group) is 1. The van der Waals surface area contributed by atoms with Crippen molar-refractivity contribution in [1.29, 1.82) is 0 Å². The Kier molecular flexibility index (Phi) is 6.56. The lowest BCUT2D eigenvalue weighted by molar-refractivity contribution is -0.129.